The second-order valence-electron chi connectivity index (χ2n) is 9.01. The van der Waals surface area contributed by atoms with Crippen LogP contribution in [0.5, 0.6) is 0 Å². The van der Waals surface area contributed by atoms with Crippen molar-refractivity contribution in [1.29, 1.82) is 0 Å². The zero-order valence-corrected chi connectivity index (χ0v) is 21.1. The maximum Gasteiger partial charge on any atom is 0.331 e. The van der Waals surface area contributed by atoms with Gasteiger partial charge < -0.3 is 20.2 Å². The van der Waals surface area contributed by atoms with E-state index in [2.05, 4.69) is 20.6 Å². The van der Waals surface area contributed by atoms with E-state index in [-0.39, 0.29) is 30.1 Å². The number of rotatable bonds is 7. The molecule has 0 saturated heterocycles. The van der Waals surface area contributed by atoms with Gasteiger partial charge in [0.1, 0.15) is 5.56 Å². The van der Waals surface area contributed by atoms with Crippen molar-refractivity contribution in [3.63, 3.8) is 0 Å². The minimum absolute atomic E-state index is 0.0682. The number of imidazole rings is 1. The minimum Gasteiger partial charge on any atom is -0.348 e. The lowest BCUT2D eigenvalue weighted by Crippen LogP contribution is -2.43. The largest absolute Gasteiger partial charge is 0.348 e. The summed E-state index contributed by atoms with van der Waals surface area (Å²) in [6.45, 7) is -0.268. The summed E-state index contributed by atoms with van der Waals surface area (Å²) in [5, 5.41) is 5.43. The van der Waals surface area contributed by atoms with Gasteiger partial charge in [0.25, 0.3) is 17.4 Å². The smallest absolute Gasteiger partial charge is 0.331 e. The molecule has 3 N–H and O–H groups in total. The third-order valence-corrected chi connectivity index (χ3v) is 6.24. The number of aromatic amines is 1. The lowest BCUT2D eigenvalue weighted by Gasteiger charge is -2.10. The number of carbonyl (C=O) groups excluding carboxylic acids is 2. The van der Waals surface area contributed by atoms with Gasteiger partial charge in [-0.3, -0.25) is 19.0 Å². The molecule has 12 heteroatoms. The van der Waals surface area contributed by atoms with Gasteiger partial charge in [0.15, 0.2) is 11.6 Å². The van der Waals surface area contributed by atoms with Crippen LogP contribution in [0.1, 0.15) is 32.7 Å². The number of anilines is 1. The molecule has 202 valence electrons. The van der Waals surface area contributed by atoms with E-state index in [4.69, 9.17) is 0 Å². The van der Waals surface area contributed by atoms with E-state index in [0.717, 1.165) is 38.6 Å². The Morgan fingerprint density at radius 1 is 1.10 bits per heavy atom. The fraction of sp³-hybridized carbons (Fsp3) is 0.107. The Balaban J connectivity index is 1.27. The van der Waals surface area contributed by atoms with Crippen molar-refractivity contribution in [3.8, 4) is 0 Å². The Bertz CT molecular complexity index is 1820. The normalized spacial score (nSPS) is 13.6. The molecule has 40 heavy (non-hydrogen) atoms. The van der Waals surface area contributed by atoms with E-state index >= 15 is 0 Å². The average molecular weight is 545 g/mol. The first-order valence-electron chi connectivity index (χ1n) is 12.1. The molecular formula is C28H22F2N6O4. The number of carbonyl (C=O) groups is 2. The van der Waals surface area contributed by atoms with Gasteiger partial charge in [-0.2, -0.15) is 0 Å². The van der Waals surface area contributed by atoms with E-state index in [1.54, 1.807) is 30.5 Å². The van der Waals surface area contributed by atoms with Gasteiger partial charge in [-0.05, 0) is 35.4 Å². The standard InChI is InChI=1S/C28H22F2N6O4/c1-35-14-21(27(39)36(28(35)40)13-17-5-7-22(29)23(30)9-17)25(37)32-8-2-3-16-4-6-19-20(11-18-12-31-15-33-18)26(38)34-24(19)10-16/h2-7,9-12,14-15H,8,13H2,1H3,(H,31,33)(H,32,37)(H,34,38)/b3-2+,20-11-. The van der Waals surface area contributed by atoms with Crippen LogP contribution in [0.3, 0.4) is 0 Å². The molecule has 1 aliphatic rings. The van der Waals surface area contributed by atoms with Crippen LogP contribution >= 0.6 is 0 Å². The number of amides is 2. The van der Waals surface area contributed by atoms with Crippen LogP contribution in [0, 0.1) is 11.6 Å². The lowest BCUT2D eigenvalue weighted by molar-refractivity contribution is -0.110. The van der Waals surface area contributed by atoms with Crippen LogP contribution in [0.2, 0.25) is 0 Å². The predicted molar refractivity (Wildman–Crippen MR) is 144 cm³/mol. The SMILES string of the molecule is Cn1cc(C(=O)NC/C=C/c2ccc3c(c2)NC(=O)/C3=C\c2cnc[nH]2)c(=O)n(Cc2ccc(F)c(F)c2)c1=O. The maximum absolute atomic E-state index is 13.6. The van der Waals surface area contributed by atoms with Crippen molar-refractivity contribution in [1.82, 2.24) is 24.4 Å². The maximum atomic E-state index is 13.6. The molecule has 1 aliphatic heterocycles. The summed E-state index contributed by atoms with van der Waals surface area (Å²) in [6, 6.07) is 8.47. The Labute approximate surface area is 225 Å². The van der Waals surface area contributed by atoms with Crippen LogP contribution in [0.4, 0.5) is 14.5 Å². The molecule has 4 aromatic rings. The summed E-state index contributed by atoms with van der Waals surface area (Å²) in [5.41, 5.74) is 1.71. The van der Waals surface area contributed by atoms with Crippen LogP contribution in [0.15, 0.2) is 70.8 Å². The second-order valence-corrected chi connectivity index (χ2v) is 9.01. The Morgan fingerprint density at radius 3 is 2.67 bits per heavy atom. The zero-order valence-electron chi connectivity index (χ0n) is 21.1. The monoisotopic (exact) mass is 544 g/mol. The molecule has 0 fully saturated rings. The van der Waals surface area contributed by atoms with Gasteiger partial charge in [0.05, 0.1) is 30.3 Å². The second kappa shape index (κ2) is 10.8. The Kier molecular flexibility index (Phi) is 7.06. The van der Waals surface area contributed by atoms with Crippen molar-refractivity contribution in [3.05, 3.63) is 122 Å². The predicted octanol–water partition coefficient (Wildman–Crippen LogP) is 2.53. The van der Waals surface area contributed by atoms with Gasteiger partial charge in [-0.1, -0.05) is 30.4 Å². The summed E-state index contributed by atoms with van der Waals surface area (Å²) in [7, 11) is 1.38. The fourth-order valence-corrected chi connectivity index (χ4v) is 4.24. The van der Waals surface area contributed by atoms with Crippen LogP contribution < -0.4 is 21.9 Å². The summed E-state index contributed by atoms with van der Waals surface area (Å²) in [6.07, 6.45) is 9.39. The fourth-order valence-electron chi connectivity index (χ4n) is 4.24. The highest BCUT2D eigenvalue weighted by Gasteiger charge is 2.24. The first-order valence-corrected chi connectivity index (χ1v) is 12.1. The van der Waals surface area contributed by atoms with Crippen molar-refractivity contribution < 1.29 is 18.4 Å². The molecule has 0 spiro atoms. The first kappa shape index (κ1) is 26.2. The Hall–Kier alpha value is -5.39. The van der Waals surface area contributed by atoms with Gasteiger partial charge in [0.2, 0.25) is 0 Å². The van der Waals surface area contributed by atoms with Crippen molar-refractivity contribution in [2.75, 3.05) is 11.9 Å². The third-order valence-electron chi connectivity index (χ3n) is 6.24. The molecule has 2 aromatic heterocycles. The molecule has 0 unspecified atom stereocenters. The molecule has 2 amide bonds. The molecular weight excluding hydrogens is 522 g/mol. The number of hydrogen-bond acceptors (Lipinski definition) is 5. The van der Waals surface area contributed by atoms with E-state index in [1.807, 2.05) is 12.1 Å². The Morgan fingerprint density at radius 2 is 1.93 bits per heavy atom. The van der Waals surface area contributed by atoms with Gasteiger partial charge >= 0.3 is 5.69 Å². The van der Waals surface area contributed by atoms with Crippen LogP contribution in [-0.2, 0) is 18.4 Å². The summed E-state index contributed by atoms with van der Waals surface area (Å²) in [5.74, 6) is -3.11. The zero-order chi connectivity index (χ0) is 28.4. The van der Waals surface area contributed by atoms with E-state index in [1.165, 1.54) is 19.4 Å². The molecule has 3 heterocycles. The molecule has 5 rings (SSSR count). The number of nitrogens with one attached hydrogen (secondary N) is 3. The number of halogens is 2. The summed E-state index contributed by atoms with van der Waals surface area (Å²) >= 11 is 0. The van der Waals surface area contributed by atoms with Crippen molar-refractivity contribution in [2.45, 2.75) is 6.54 Å². The van der Waals surface area contributed by atoms with Crippen LogP contribution in [-0.4, -0.2) is 37.5 Å². The molecule has 0 saturated carbocycles. The van der Waals surface area contributed by atoms with E-state index in [9.17, 15) is 28.0 Å². The number of aryl methyl sites for hydroxylation is 1. The minimum atomic E-state index is -1.11. The highest BCUT2D eigenvalue weighted by Crippen LogP contribution is 2.33. The summed E-state index contributed by atoms with van der Waals surface area (Å²) in [4.78, 5) is 57.5. The highest BCUT2D eigenvalue weighted by atomic mass is 19.2. The summed E-state index contributed by atoms with van der Waals surface area (Å²) < 4.78 is 28.7. The van der Waals surface area contributed by atoms with Crippen LogP contribution in [0.25, 0.3) is 17.7 Å². The average Bonchev–Trinajstić information content (AvgIpc) is 3.56. The number of benzene rings is 2. The number of hydrogen-bond donors (Lipinski definition) is 3. The third kappa shape index (κ3) is 5.27. The number of fused-ring (bicyclic) bond motifs is 1. The number of nitrogens with zero attached hydrogens (tertiary/aromatic N) is 3. The van der Waals surface area contributed by atoms with Crippen molar-refractivity contribution >= 4 is 35.2 Å². The lowest BCUT2D eigenvalue weighted by atomic mass is 10.0. The van der Waals surface area contributed by atoms with Crippen molar-refractivity contribution in [2.24, 2.45) is 7.05 Å². The molecule has 10 nitrogen and oxygen atoms in total. The quantitative estimate of drug-likeness (QED) is 0.308. The van der Waals surface area contributed by atoms with E-state index < -0.39 is 28.8 Å². The first-order chi connectivity index (χ1) is 19.2. The molecule has 0 bridgehead atoms. The van der Waals surface area contributed by atoms with Gasteiger partial charge in [-0.15, -0.1) is 0 Å². The molecule has 0 atom stereocenters. The number of H-pyrrole nitrogens is 1. The molecule has 0 aliphatic carbocycles. The number of aromatic nitrogens is 4. The van der Waals surface area contributed by atoms with Gasteiger partial charge in [-0.25, -0.2) is 18.6 Å². The molecule has 2 aromatic carbocycles. The topological polar surface area (TPSA) is 131 Å². The highest BCUT2D eigenvalue weighted by molar-refractivity contribution is 6.34. The van der Waals surface area contributed by atoms with E-state index in [0.29, 0.717) is 17.0 Å². The van der Waals surface area contributed by atoms with Gasteiger partial charge in [0, 0.05) is 31.0 Å². The molecule has 0 radical (unpaired) electrons.